The zero-order valence-electron chi connectivity index (χ0n) is 30.8. The number of aliphatic hydroxyl groups is 2. The number of hydrogen-bond donors (Lipinski definition) is 2. The highest BCUT2D eigenvalue weighted by Gasteiger charge is 2.22. The molecule has 4 unspecified atom stereocenters. The van der Waals surface area contributed by atoms with Crippen LogP contribution >= 0.6 is 7.14 Å². The van der Waals surface area contributed by atoms with Crippen molar-refractivity contribution in [3.8, 4) is 0 Å². The summed E-state index contributed by atoms with van der Waals surface area (Å²) in [5, 5.41) is 16.4. The van der Waals surface area contributed by atoms with Crippen LogP contribution in [0.2, 0.25) is 0 Å². The molecule has 4 aliphatic carbocycles. The van der Waals surface area contributed by atoms with Gasteiger partial charge < -0.3 is 38.7 Å². The van der Waals surface area contributed by atoms with Gasteiger partial charge in [0.1, 0.15) is 25.1 Å². The highest BCUT2D eigenvalue weighted by atomic mass is 31.2. The van der Waals surface area contributed by atoms with Crippen LogP contribution in [0.3, 0.4) is 0 Å². The van der Waals surface area contributed by atoms with E-state index in [9.17, 15) is 23.7 Å². The van der Waals surface area contributed by atoms with Crippen molar-refractivity contribution < 1.29 is 38.7 Å². The standard InChI is InChI=1S/C12H23O3P.C8H14O2.2C7H12O.C2H6O.C2H6.CH4/c1-16(2,14)7-6-15-10-12-5-3-4-11(8-12)9-13;9-5-7-2-1-3-8(4-7)6-10;2*8-6-7-4-2-1-3-5-7;1-2-3;1-2;/h9,11-12H,3-8,10H2,1-2H3;5,7-8,10H,1-4,6H2;2*6-7H,1-5H2;3H,2H2,1H3;1-2H3;1H4. The summed E-state index contributed by atoms with van der Waals surface area (Å²) in [6, 6.07) is 0. The first-order valence-corrected chi connectivity index (χ1v) is 21.6. The Bertz CT molecular complexity index is 752. The Kier molecular flexibility index (Phi) is 38.0. The number of aliphatic hydroxyl groups excluding tert-OH is 2. The molecule has 4 atom stereocenters. The van der Waals surface area contributed by atoms with E-state index in [0.717, 1.165) is 102 Å². The van der Waals surface area contributed by atoms with Gasteiger partial charge in [0.15, 0.2) is 0 Å². The third kappa shape index (κ3) is 30.8. The van der Waals surface area contributed by atoms with Gasteiger partial charge in [-0.25, -0.2) is 0 Å². The lowest BCUT2D eigenvalue weighted by atomic mass is 9.83. The molecule has 8 nitrogen and oxygen atoms in total. The van der Waals surface area contributed by atoms with Crippen LogP contribution in [0, 0.1) is 35.5 Å². The van der Waals surface area contributed by atoms with Gasteiger partial charge in [-0.15, -0.1) is 0 Å². The van der Waals surface area contributed by atoms with E-state index < -0.39 is 7.14 Å². The molecule has 0 aliphatic heterocycles. The lowest BCUT2D eigenvalue weighted by Crippen LogP contribution is -2.21. The molecule has 2 N–H and O–H groups in total. The van der Waals surface area contributed by atoms with Gasteiger partial charge in [-0.3, -0.25) is 0 Å². The molecular formula is C39H77O8P. The minimum absolute atomic E-state index is 0. The fourth-order valence-corrected chi connectivity index (χ4v) is 6.87. The van der Waals surface area contributed by atoms with E-state index in [1.165, 1.54) is 44.9 Å². The third-order valence-electron chi connectivity index (χ3n) is 9.10. The van der Waals surface area contributed by atoms with Crippen molar-refractivity contribution in [1.29, 1.82) is 0 Å². The fraction of sp³-hybridized carbons (Fsp3) is 0.897. The molecule has 4 fully saturated rings. The summed E-state index contributed by atoms with van der Waals surface area (Å²) < 4.78 is 17.0. The van der Waals surface area contributed by atoms with Crippen molar-refractivity contribution in [1.82, 2.24) is 0 Å². The minimum atomic E-state index is -1.93. The molecule has 0 spiro atoms. The maximum absolute atomic E-state index is 11.4. The molecule has 0 radical (unpaired) electrons. The van der Waals surface area contributed by atoms with E-state index in [-0.39, 0.29) is 32.5 Å². The molecule has 0 heterocycles. The van der Waals surface area contributed by atoms with Gasteiger partial charge in [-0.2, -0.15) is 0 Å². The lowest BCUT2D eigenvalue weighted by molar-refractivity contribution is -0.113. The molecule has 9 heteroatoms. The van der Waals surface area contributed by atoms with E-state index in [4.69, 9.17) is 14.9 Å². The maximum Gasteiger partial charge on any atom is 0.123 e. The minimum Gasteiger partial charge on any atom is -0.397 e. The molecule has 286 valence electrons. The third-order valence-corrected chi connectivity index (χ3v) is 10.4. The van der Waals surface area contributed by atoms with E-state index in [0.29, 0.717) is 36.4 Å². The molecule has 0 amide bonds. The zero-order valence-corrected chi connectivity index (χ0v) is 31.7. The number of aldehydes is 4. The van der Waals surface area contributed by atoms with Gasteiger partial charge in [0.05, 0.1) is 13.7 Å². The average molecular weight is 705 g/mol. The molecule has 0 aromatic rings. The van der Waals surface area contributed by atoms with Gasteiger partial charge in [0.25, 0.3) is 0 Å². The van der Waals surface area contributed by atoms with Crippen LogP contribution in [-0.4, -0.2) is 81.3 Å². The van der Waals surface area contributed by atoms with Gasteiger partial charge in [-0.05, 0) is 96.3 Å². The Morgan fingerprint density at radius 1 is 0.604 bits per heavy atom. The molecule has 48 heavy (non-hydrogen) atoms. The molecule has 4 saturated carbocycles. The van der Waals surface area contributed by atoms with Crippen molar-refractivity contribution in [2.24, 2.45) is 35.5 Å². The summed E-state index contributed by atoms with van der Waals surface area (Å²) >= 11 is 0. The van der Waals surface area contributed by atoms with Crippen LogP contribution < -0.4 is 0 Å². The van der Waals surface area contributed by atoms with Gasteiger partial charge in [0, 0.05) is 49.7 Å². The predicted octanol–water partition coefficient (Wildman–Crippen LogP) is 8.81. The van der Waals surface area contributed by atoms with Crippen LogP contribution in [0.5, 0.6) is 0 Å². The summed E-state index contributed by atoms with van der Waals surface area (Å²) in [5.74, 6) is 2.20. The second-order valence-corrected chi connectivity index (χ2v) is 17.4. The summed E-state index contributed by atoms with van der Waals surface area (Å²) in [6.07, 6.45) is 25.8. The smallest absolute Gasteiger partial charge is 0.123 e. The fourth-order valence-electron chi connectivity index (χ4n) is 6.30. The summed E-state index contributed by atoms with van der Waals surface area (Å²) in [7, 11) is -1.93. The van der Waals surface area contributed by atoms with Crippen LogP contribution in [0.4, 0.5) is 0 Å². The van der Waals surface area contributed by atoms with Crippen LogP contribution in [0.25, 0.3) is 0 Å². The maximum atomic E-state index is 11.4. The Morgan fingerprint density at radius 2 is 0.958 bits per heavy atom. The summed E-state index contributed by atoms with van der Waals surface area (Å²) in [4.78, 5) is 41.3. The second kappa shape index (κ2) is 35.6. The van der Waals surface area contributed by atoms with Gasteiger partial charge in [-0.1, -0.05) is 72.6 Å². The number of carbonyl (C=O) groups is 4. The summed E-state index contributed by atoms with van der Waals surface area (Å²) in [5.41, 5.74) is 0. The van der Waals surface area contributed by atoms with Gasteiger partial charge in [0.2, 0.25) is 0 Å². The quantitative estimate of drug-likeness (QED) is 0.131. The summed E-state index contributed by atoms with van der Waals surface area (Å²) in [6.45, 7) is 11.1. The number of rotatable bonds is 10. The molecule has 0 aromatic heterocycles. The highest BCUT2D eigenvalue weighted by molar-refractivity contribution is 7.62. The topological polar surface area (TPSA) is 135 Å². The van der Waals surface area contributed by atoms with E-state index in [2.05, 4.69) is 0 Å². The van der Waals surface area contributed by atoms with E-state index in [1.54, 1.807) is 20.3 Å². The first-order valence-electron chi connectivity index (χ1n) is 18.8. The van der Waals surface area contributed by atoms with Crippen LogP contribution in [0.15, 0.2) is 0 Å². The van der Waals surface area contributed by atoms with Crippen molar-refractivity contribution in [3.05, 3.63) is 0 Å². The average Bonchev–Trinajstić information content (AvgIpc) is 3.12. The Labute approximate surface area is 295 Å². The number of hydrogen-bond acceptors (Lipinski definition) is 8. The number of carbonyl (C=O) groups excluding carboxylic acids is 4. The van der Waals surface area contributed by atoms with Crippen molar-refractivity contribution in [2.45, 2.75) is 144 Å². The first kappa shape index (κ1) is 51.2. The van der Waals surface area contributed by atoms with E-state index in [1.807, 2.05) is 13.8 Å². The Morgan fingerprint density at radius 3 is 1.29 bits per heavy atom. The molecule has 0 bridgehead atoms. The molecule has 4 aliphatic rings. The van der Waals surface area contributed by atoms with Gasteiger partial charge >= 0.3 is 0 Å². The Hall–Kier alpha value is -1.21. The van der Waals surface area contributed by atoms with Crippen molar-refractivity contribution >= 4 is 32.3 Å². The monoisotopic (exact) mass is 705 g/mol. The SMILES string of the molecule is C.CC.CCO.CP(C)(=O)CCOCC1CCCC(C=O)C1.O=CC1CCCC(CO)C1.O=CC1CCCCC1.O=CC1CCCCC1. The second-order valence-electron chi connectivity index (χ2n) is 13.8. The molecular weight excluding hydrogens is 627 g/mol. The van der Waals surface area contributed by atoms with Crippen molar-refractivity contribution in [3.63, 3.8) is 0 Å². The van der Waals surface area contributed by atoms with E-state index >= 15 is 0 Å². The number of ether oxygens (including phenoxy) is 1. The normalized spacial score (nSPS) is 24.1. The largest absolute Gasteiger partial charge is 0.397 e. The molecule has 0 aromatic carbocycles. The zero-order chi connectivity index (χ0) is 35.8. The molecule has 0 saturated heterocycles. The van der Waals surface area contributed by atoms with Crippen molar-refractivity contribution in [2.75, 3.05) is 45.9 Å². The van der Waals surface area contributed by atoms with Crippen LogP contribution in [0.1, 0.15) is 144 Å². The Balaban J connectivity index is -0.000000553. The first-order chi connectivity index (χ1) is 22.7. The predicted molar refractivity (Wildman–Crippen MR) is 201 cm³/mol. The molecule has 4 rings (SSSR count). The van der Waals surface area contributed by atoms with Crippen LogP contribution in [-0.2, 0) is 28.5 Å². The highest BCUT2D eigenvalue weighted by Crippen LogP contribution is 2.35. The lowest BCUT2D eigenvalue weighted by Gasteiger charge is -2.25.